The van der Waals surface area contributed by atoms with Gasteiger partial charge in [-0.3, -0.25) is 9.89 Å². The smallest absolute Gasteiger partial charge is 0.193 e. The fourth-order valence-electron chi connectivity index (χ4n) is 3.84. The van der Waals surface area contributed by atoms with Gasteiger partial charge in [0.1, 0.15) is 11.9 Å². The minimum absolute atomic E-state index is 0.0409. The number of guanidine groups is 1. The Morgan fingerprint density at radius 3 is 2.46 bits per heavy atom. The van der Waals surface area contributed by atoms with Gasteiger partial charge in [0.2, 0.25) is 0 Å². The third kappa shape index (κ3) is 5.85. The lowest BCUT2D eigenvalue weighted by molar-refractivity contribution is -0.00692. The number of ether oxygens (including phenoxy) is 2. The van der Waals surface area contributed by atoms with E-state index in [0.29, 0.717) is 0 Å². The summed E-state index contributed by atoms with van der Waals surface area (Å²) in [4.78, 5) is 9.87. The molecule has 0 aliphatic carbocycles. The van der Waals surface area contributed by atoms with E-state index >= 15 is 0 Å². The van der Waals surface area contributed by atoms with Crippen LogP contribution >= 0.6 is 0 Å². The molecule has 0 bridgehead atoms. The van der Waals surface area contributed by atoms with E-state index in [0.717, 1.165) is 77.0 Å². The highest BCUT2D eigenvalue weighted by Gasteiger charge is 2.29. The normalized spacial score (nSPS) is 20.2. The molecule has 156 valence electrons. The lowest BCUT2D eigenvalue weighted by Gasteiger charge is -2.40. The zero-order valence-electron chi connectivity index (χ0n) is 17.7. The van der Waals surface area contributed by atoms with Crippen molar-refractivity contribution >= 4 is 5.96 Å². The minimum Gasteiger partial charge on any atom is -0.490 e. The molecule has 6 nitrogen and oxygen atoms in total. The van der Waals surface area contributed by atoms with Crippen molar-refractivity contribution < 1.29 is 9.47 Å². The van der Waals surface area contributed by atoms with Crippen LogP contribution in [-0.2, 0) is 4.74 Å². The third-order valence-electron chi connectivity index (χ3n) is 5.61. The monoisotopic (exact) mass is 388 g/mol. The number of hydrogen-bond acceptors (Lipinski definition) is 4. The maximum atomic E-state index is 6.13. The summed E-state index contributed by atoms with van der Waals surface area (Å²) >= 11 is 0. The van der Waals surface area contributed by atoms with Crippen molar-refractivity contribution in [1.82, 2.24) is 15.1 Å². The molecular formula is C22H36N4O2. The Balaban J connectivity index is 1.54. The van der Waals surface area contributed by atoms with Gasteiger partial charge in [0.15, 0.2) is 5.96 Å². The molecule has 1 aromatic rings. The number of nitrogens with zero attached hydrogens (tertiary/aromatic N) is 3. The van der Waals surface area contributed by atoms with Gasteiger partial charge in [-0.15, -0.1) is 0 Å². The van der Waals surface area contributed by atoms with Crippen LogP contribution in [0.15, 0.2) is 35.3 Å². The van der Waals surface area contributed by atoms with Crippen LogP contribution in [0.25, 0.3) is 0 Å². The maximum absolute atomic E-state index is 6.13. The summed E-state index contributed by atoms with van der Waals surface area (Å²) in [6, 6.07) is 10.1. The topological polar surface area (TPSA) is 49.3 Å². The maximum Gasteiger partial charge on any atom is 0.193 e. The largest absolute Gasteiger partial charge is 0.490 e. The third-order valence-corrected chi connectivity index (χ3v) is 5.61. The van der Waals surface area contributed by atoms with E-state index in [9.17, 15) is 0 Å². The van der Waals surface area contributed by atoms with E-state index in [-0.39, 0.29) is 11.6 Å². The van der Waals surface area contributed by atoms with E-state index < -0.39 is 0 Å². The highest BCUT2D eigenvalue weighted by Crippen LogP contribution is 2.20. The second kappa shape index (κ2) is 10.1. The molecule has 6 heteroatoms. The van der Waals surface area contributed by atoms with Crippen LogP contribution in [0.1, 0.15) is 33.6 Å². The molecule has 0 amide bonds. The quantitative estimate of drug-likeness (QED) is 0.600. The molecule has 0 radical (unpaired) electrons. The van der Waals surface area contributed by atoms with Gasteiger partial charge in [-0.05, 0) is 32.9 Å². The van der Waals surface area contributed by atoms with E-state index in [1.165, 1.54) is 0 Å². The second-order valence-electron chi connectivity index (χ2n) is 8.20. The first-order valence-corrected chi connectivity index (χ1v) is 10.7. The molecule has 0 atom stereocenters. The number of nitrogens with one attached hydrogen (secondary N) is 1. The fourth-order valence-corrected chi connectivity index (χ4v) is 3.84. The summed E-state index contributed by atoms with van der Waals surface area (Å²) < 4.78 is 11.6. The first-order chi connectivity index (χ1) is 13.6. The van der Waals surface area contributed by atoms with Gasteiger partial charge >= 0.3 is 0 Å². The molecule has 2 heterocycles. The summed E-state index contributed by atoms with van der Waals surface area (Å²) in [5, 5.41) is 3.48. The molecule has 2 saturated heterocycles. The highest BCUT2D eigenvalue weighted by atomic mass is 16.5. The van der Waals surface area contributed by atoms with Crippen LogP contribution in [-0.4, -0.2) is 79.9 Å². The number of rotatable bonds is 6. The SMILES string of the molecule is CCNC(=NCC(C)(C)N1CCOCC1)N1CCC(Oc2ccccc2)CC1. The first-order valence-electron chi connectivity index (χ1n) is 10.7. The van der Waals surface area contributed by atoms with Crippen molar-refractivity contribution in [3.63, 3.8) is 0 Å². The van der Waals surface area contributed by atoms with Crippen LogP contribution in [0.5, 0.6) is 5.75 Å². The number of benzene rings is 1. The molecule has 0 aromatic heterocycles. The van der Waals surface area contributed by atoms with Crippen molar-refractivity contribution in [3.05, 3.63) is 30.3 Å². The zero-order chi connectivity index (χ0) is 19.8. The van der Waals surface area contributed by atoms with Gasteiger partial charge in [-0.2, -0.15) is 0 Å². The minimum atomic E-state index is 0.0409. The molecule has 0 spiro atoms. The van der Waals surface area contributed by atoms with Crippen LogP contribution in [0.4, 0.5) is 0 Å². The molecule has 0 unspecified atom stereocenters. The molecule has 1 aromatic carbocycles. The lowest BCUT2D eigenvalue weighted by Crippen LogP contribution is -2.53. The van der Waals surface area contributed by atoms with Gasteiger partial charge in [0.05, 0.1) is 19.8 Å². The second-order valence-corrected chi connectivity index (χ2v) is 8.20. The highest BCUT2D eigenvalue weighted by molar-refractivity contribution is 5.80. The van der Waals surface area contributed by atoms with Gasteiger partial charge in [-0.1, -0.05) is 18.2 Å². The summed E-state index contributed by atoms with van der Waals surface area (Å²) in [5.74, 6) is 2.00. The molecule has 2 fully saturated rings. The number of para-hydroxylation sites is 1. The predicted molar refractivity (Wildman–Crippen MR) is 114 cm³/mol. The molecule has 1 N–H and O–H groups in total. The van der Waals surface area contributed by atoms with E-state index in [1.54, 1.807) is 0 Å². The van der Waals surface area contributed by atoms with Crippen molar-refractivity contribution in [2.75, 3.05) is 52.5 Å². The number of aliphatic imine (C=N–C) groups is 1. The number of likely N-dealkylation sites (tertiary alicyclic amines) is 1. The first kappa shape index (κ1) is 20.9. The van der Waals surface area contributed by atoms with Crippen LogP contribution in [0.3, 0.4) is 0 Å². The Labute approximate surface area is 169 Å². The molecule has 2 aliphatic heterocycles. The Morgan fingerprint density at radius 2 is 1.82 bits per heavy atom. The van der Waals surface area contributed by atoms with E-state index in [2.05, 4.69) is 35.9 Å². The summed E-state index contributed by atoms with van der Waals surface area (Å²) in [6.07, 6.45) is 2.32. The van der Waals surface area contributed by atoms with Crippen LogP contribution < -0.4 is 10.1 Å². The van der Waals surface area contributed by atoms with Crippen molar-refractivity contribution in [2.24, 2.45) is 4.99 Å². The average Bonchev–Trinajstić information content (AvgIpc) is 2.73. The molecular weight excluding hydrogens is 352 g/mol. The number of piperidine rings is 1. The van der Waals surface area contributed by atoms with E-state index in [1.807, 2.05) is 30.3 Å². The standard InChI is InChI=1S/C22H36N4O2/c1-4-23-21(24-18-22(2,3)26-14-16-27-17-15-26)25-12-10-20(11-13-25)28-19-8-6-5-7-9-19/h5-9,20H,4,10-18H2,1-3H3,(H,23,24). The van der Waals surface area contributed by atoms with Crippen LogP contribution in [0, 0.1) is 0 Å². The Morgan fingerprint density at radius 1 is 1.14 bits per heavy atom. The van der Waals surface area contributed by atoms with Crippen molar-refractivity contribution in [1.29, 1.82) is 0 Å². The summed E-state index contributed by atoms with van der Waals surface area (Å²) in [7, 11) is 0. The van der Waals surface area contributed by atoms with Gasteiger partial charge in [-0.25, -0.2) is 0 Å². The zero-order valence-corrected chi connectivity index (χ0v) is 17.7. The fraction of sp³-hybridized carbons (Fsp3) is 0.682. The van der Waals surface area contributed by atoms with Gasteiger partial charge in [0, 0.05) is 51.1 Å². The average molecular weight is 389 g/mol. The lowest BCUT2D eigenvalue weighted by atomic mass is 10.0. The van der Waals surface area contributed by atoms with Gasteiger partial charge < -0.3 is 19.7 Å². The Kier molecular flexibility index (Phi) is 7.57. The molecule has 28 heavy (non-hydrogen) atoms. The Bertz CT molecular complexity index is 606. The Hall–Kier alpha value is -1.79. The van der Waals surface area contributed by atoms with Crippen molar-refractivity contribution in [2.45, 2.75) is 45.3 Å². The van der Waals surface area contributed by atoms with E-state index in [4.69, 9.17) is 14.5 Å². The molecule has 3 rings (SSSR count). The summed E-state index contributed by atoms with van der Waals surface area (Å²) in [5.41, 5.74) is 0.0409. The predicted octanol–water partition coefficient (Wildman–Crippen LogP) is 2.61. The number of morpholine rings is 1. The summed E-state index contributed by atoms with van der Waals surface area (Å²) in [6.45, 7) is 13.9. The number of hydrogen-bond donors (Lipinski definition) is 1. The van der Waals surface area contributed by atoms with Crippen LogP contribution in [0.2, 0.25) is 0 Å². The molecule has 0 saturated carbocycles. The van der Waals surface area contributed by atoms with Gasteiger partial charge in [0.25, 0.3) is 0 Å². The van der Waals surface area contributed by atoms with Crippen molar-refractivity contribution in [3.8, 4) is 5.75 Å². The molecule has 2 aliphatic rings.